The van der Waals surface area contributed by atoms with Crippen molar-refractivity contribution in [3.8, 4) is 0 Å². The van der Waals surface area contributed by atoms with Crippen molar-refractivity contribution in [2.75, 3.05) is 19.6 Å². The molecule has 0 aliphatic carbocycles. The van der Waals surface area contributed by atoms with Crippen LogP contribution in [0.1, 0.15) is 52.2 Å². The SMILES string of the molecule is O=C(NC1CCN(CCC(c2ccccc2)c2ccccc2)CC1)c1ccccc1CSc1ccccc1. The molecule has 0 saturated carbocycles. The molecule has 194 valence electrons. The molecule has 1 fully saturated rings. The maximum atomic E-state index is 13.2. The number of likely N-dealkylation sites (tertiary alicyclic amines) is 1. The van der Waals surface area contributed by atoms with Crippen LogP contribution in [0.4, 0.5) is 0 Å². The minimum Gasteiger partial charge on any atom is -0.349 e. The summed E-state index contributed by atoms with van der Waals surface area (Å²) in [5, 5.41) is 3.34. The van der Waals surface area contributed by atoms with E-state index in [9.17, 15) is 4.79 Å². The highest BCUT2D eigenvalue weighted by molar-refractivity contribution is 7.98. The van der Waals surface area contributed by atoms with Gasteiger partial charge in [-0.2, -0.15) is 0 Å². The normalized spacial score (nSPS) is 14.4. The van der Waals surface area contributed by atoms with E-state index in [1.165, 1.54) is 16.0 Å². The lowest BCUT2D eigenvalue weighted by Gasteiger charge is -2.33. The Bertz CT molecular complexity index is 1230. The molecule has 1 heterocycles. The highest BCUT2D eigenvalue weighted by Gasteiger charge is 2.23. The van der Waals surface area contributed by atoms with Crippen molar-refractivity contribution < 1.29 is 4.79 Å². The molecule has 1 saturated heterocycles. The molecule has 4 aromatic rings. The van der Waals surface area contributed by atoms with Gasteiger partial charge in [0.2, 0.25) is 0 Å². The third-order valence-electron chi connectivity index (χ3n) is 7.46. The van der Waals surface area contributed by atoms with E-state index in [0.29, 0.717) is 5.92 Å². The lowest BCUT2D eigenvalue weighted by atomic mass is 9.88. The quantitative estimate of drug-likeness (QED) is 0.221. The van der Waals surface area contributed by atoms with E-state index in [1.54, 1.807) is 11.8 Å². The fourth-order valence-electron chi connectivity index (χ4n) is 5.32. The summed E-state index contributed by atoms with van der Waals surface area (Å²) in [5.74, 6) is 1.25. The minimum atomic E-state index is 0.0564. The van der Waals surface area contributed by atoms with E-state index in [1.807, 2.05) is 24.3 Å². The zero-order valence-electron chi connectivity index (χ0n) is 21.8. The number of hydrogen-bond donors (Lipinski definition) is 1. The predicted molar refractivity (Wildman–Crippen MR) is 159 cm³/mol. The van der Waals surface area contributed by atoms with Crippen LogP contribution in [0.2, 0.25) is 0 Å². The highest BCUT2D eigenvalue weighted by atomic mass is 32.2. The summed E-state index contributed by atoms with van der Waals surface area (Å²) in [6.07, 6.45) is 3.08. The van der Waals surface area contributed by atoms with E-state index >= 15 is 0 Å². The van der Waals surface area contributed by atoms with Crippen LogP contribution in [-0.4, -0.2) is 36.5 Å². The summed E-state index contributed by atoms with van der Waals surface area (Å²) in [6.45, 7) is 3.11. The summed E-state index contributed by atoms with van der Waals surface area (Å²) in [4.78, 5) is 17.0. The van der Waals surface area contributed by atoms with Crippen molar-refractivity contribution in [1.29, 1.82) is 0 Å². The third-order valence-corrected chi connectivity index (χ3v) is 8.52. The number of rotatable bonds is 10. The molecule has 1 aliphatic heterocycles. The Balaban J connectivity index is 1.13. The standard InChI is InChI=1S/C34H36N2OS/c37-34(33-19-11-10-16-29(33)26-38-31-17-8-3-9-18-31)35-30-20-23-36(24-21-30)25-22-32(27-12-4-1-5-13-27)28-14-6-2-7-15-28/h1-19,30,32H,20-26H2,(H,35,37). The van der Waals surface area contributed by atoms with Crippen molar-refractivity contribution in [3.63, 3.8) is 0 Å². The number of carbonyl (C=O) groups excluding carboxylic acids is 1. The van der Waals surface area contributed by atoms with Gasteiger partial charge in [0.15, 0.2) is 0 Å². The van der Waals surface area contributed by atoms with Crippen LogP contribution in [0.15, 0.2) is 120 Å². The van der Waals surface area contributed by atoms with E-state index in [0.717, 1.165) is 55.8 Å². The van der Waals surface area contributed by atoms with Gasteiger partial charge in [0.25, 0.3) is 5.91 Å². The average molecular weight is 521 g/mol. The van der Waals surface area contributed by atoms with Crippen molar-refractivity contribution in [2.45, 2.75) is 41.9 Å². The summed E-state index contributed by atoms with van der Waals surface area (Å²) < 4.78 is 0. The largest absolute Gasteiger partial charge is 0.349 e. The average Bonchev–Trinajstić information content (AvgIpc) is 2.99. The number of amides is 1. The van der Waals surface area contributed by atoms with Gasteiger partial charge < -0.3 is 10.2 Å². The molecule has 4 heteroatoms. The first-order chi connectivity index (χ1) is 18.8. The highest BCUT2D eigenvalue weighted by Crippen LogP contribution is 2.29. The van der Waals surface area contributed by atoms with Crippen molar-refractivity contribution in [1.82, 2.24) is 10.2 Å². The zero-order chi connectivity index (χ0) is 26.0. The molecule has 4 aromatic carbocycles. The van der Waals surface area contributed by atoms with Gasteiger partial charge in [0.1, 0.15) is 0 Å². The first kappa shape index (κ1) is 26.3. The van der Waals surface area contributed by atoms with E-state index < -0.39 is 0 Å². The van der Waals surface area contributed by atoms with Crippen molar-refractivity contribution >= 4 is 17.7 Å². The fraction of sp³-hybridized carbons (Fsp3) is 0.265. The smallest absolute Gasteiger partial charge is 0.251 e. The second-order valence-electron chi connectivity index (χ2n) is 10.0. The molecule has 5 rings (SSSR count). The lowest BCUT2D eigenvalue weighted by Crippen LogP contribution is -2.45. The second kappa shape index (κ2) is 13.5. The van der Waals surface area contributed by atoms with Crippen LogP contribution in [0.25, 0.3) is 0 Å². The summed E-state index contributed by atoms with van der Waals surface area (Å²) >= 11 is 1.77. The Morgan fingerprint density at radius 2 is 1.32 bits per heavy atom. The molecule has 3 nitrogen and oxygen atoms in total. The first-order valence-corrected chi connectivity index (χ1v) is 14.6. The van der Waals surface area contributed by atoms with Gasteiger partial charge >= 0.3 is 0 Å². The van der Waals surface area contributed by atoms with Gasteiger partial charge in [-0.05, 0) is 60.7 Å². The number of hydrogen-bond acceptors (Lipinski definition) is 3. The molecule has 38 heavy (non-hydrogen) atoms. The molecule has 0 aromatic heterocycles. The molecule has 0 radical (unpaired) electrons. The molecule has 0 spiro atoms. The molecule has 0 bridgehead atoms. The van der Waals surface area contributed by atoms with Gasteiger partial charge in [-0.25, -0.2) is 0 Å². The van der Waals surface area contributed by atoms with Crippen LogP contribution < -0.4 is 5.32 Å². The van der Waals surface area contributed by atoms with Crippen molar-refractivity contribution in [2.24, 2.45) is 0 Å². The minimum absolute atomic E-state index is 0.0564. The predicted octanol–water partition coefficient (Wildman–Crippen LogP) is 7.40. The van der Waals surface area contributed by atoms with Crippen LogP contribution in [0.5, 0.6) is 0 Å². The molecule has 0 atom stereocenters. The maximum Gasteiger partial charge on any atom is 0.251 e. The first-order valence-electron chi connectivity index (χ1n) is 13.6. The van der Waals surface area contributed by atoms with E-state index in [-0.39, 0.29) is 11.9 Å². The topological polar surface area (TPSA) is 32.3 Å². The lowest BCUT2D eigenvalue weighted by molar-refractivity contribution is 0.0910. The Morgan fingerprint density at radius 1 is 0.763 bits per heavy atom. The van der Waals surface area contributed by atoms with Gasteiger partial charge in [-0.1, -0.05) is 97.1 Å². The number of nitrogens with one attached hydrogen (secondary N) is 1. The Labute approximate surface area is 231 Å². The van der Waals surface area contributed by atoms with Gasteiger partial charge in [-0.3, -0.25) is 4.79 Å². The molecular weight excluding hydrogens is 484 g/mol. The van der Waals surface area contributed by atoms with E-state index in [2.05, 4.69) is 101 Å². The third kappa shape index (κ3) is 7.15. The Hall–Kier alpha value is -3.34. The number of piperidine rings is 1. The molecule has 1 amide bonds. The zero-order valence-corrected chi connectivity index (χ0v) is 22.7. The molecule has 1 N–H and O–H groups in total. The number of carbonyl (C=O) groups is 1. The van der Waals surface area contributed by atoms with Crippen LogP contribution >= 0.6 is 11.8 Å². The Morgan fingerprint density at radius 3 is 1.95 bits per heavy atom. The van der Waals surface area contributed by atoms with Gasteiger partial charge in [0.05, 0.1) is 0 Å². The molecular formula is C34H36N2OS. The van der Waals surface area contributed by atoms with Crippen molar-refractivity contribution in [3.05, 3.63) is 138 Å². The number of thioether (sulfide) groups is 1. The monoisotopic (exact) mass is 520 g/mol. The fourth-order valence-corrected chi connectivity index (χ4v) is 6.24. The van der Waals surface area contributed by atoms with E-state index in [4.69, 9.17) is 0 Å². The molecule has 0 unspecified atom stereocenters. The summed E-state index contributed by atoms with van der Waals surface area (Å²) in [6, 6.07) is 40.3. The Kier molecular flexibility index (Phi) is 9.30. The van der Waals surface area contributed by atoms with Gasteiger partial charge in [-0.15, -0.1) is 11.8 Å². The maximum absolute atomic E-state index is 13.2. The summed E-state index contributed by atoms with van der Waals surface area (Å²) in [7, 11) is 0. The molecule has 1 aliphatic rings. The van der Waals surface area contributed by atoms with Gasteiger partial charge in [0, 0.05) is 41.3 Å². The second-order valence-corrected chi connectivity index (χ2v) is 11.1. The summed E-state index contributed by atoms with van der Waals surface area (Å²) in [5.41, 5.74) is 4.64. The van der Waals surface area contributed by atoms with Crippen LogP contribution in [0, 0.1) is 0 Å². The number of benzene rings is 4. The van der Waals surface area contributed by atoms with Crippen LogP contribution in [-0.2, 0) is 5.75 Å². The number of nitrogens with zero attached hydrogens (tertiary/aromatic N) is 1. The van der Waals surface area contributed by atoms with Crippen LogP contribution in [0.3, 0.4) is 0 Å².